The van der Waals surface area contributed by atoms with E-state index in [2.05, 4.69) is 0 Å². The van der Waals surface area contributed by atoms with Crippen molar-refractivity contribution in [2.45, 2.75) is 56.4 Å². The van der Waals surface area contributed by atoms with Gasteiger partial charge in [-0.05, 0) is 17.7 Å². The van der Waals surface area contributed by atoms with Gasteiger partial charge in [0.25, 0.3) is 0 Å². The van der Waals surface area contributed by atoms with E-state index in [0.717, 1.165) is 5.56 Å². The van der Waals surface area contributed by atoms with Crippen LogP contribution in [0.5, 0.6) is 0 Å². The fourth-order valence-electron chi connectivity index (χ4n) is 4.03. The minimum absolute atomic E-state index is 0.0160. The smallest absolute Gasteiger partial charge is 0.302 e. The number of carbonyl (C=O) groups is 3. The Hall–Kier alpha value is -3.20. The Balaban J connectivity index is 1.87. The maximum atomic E-state index is 12.9. The van der Waals surface area contributed by atoms with Gasteiger partial charge in [-0.25, -0.2) is 8.42 Å². The second kappa shape index (κ2) is 10.6. The van der Waals surface area contributed by atoms with E-state index in [1.54, 1.807) is 23.1 Å². The lowest BCUT2D eigenvalue weighted by Gasteiger charge is -2.30. The summed E-state index contributed by atoms with van der Waals surface area (Å²) in [5, 5.41) is 0. The van der Waals surface area contributed by atoms with Crippen molar-refractivity contribution in [3.63, 3.8) is 0 Å². The van der Waals surface area contributed by atoms with E-state index in [1.165, 1.54) is 26.0 Å². The molecule has 176 valence electrons. The van der Waals surface area contributed by atoms with Crippen LogP contribution in [0, 0.1) is 0 Å². The minimum Gasteiger partial charge on any atom is -0.461 e. The second-order valence-corrected chi connectivity index (χ2v) is 10.0. The molecule has 0 aromatic heterocycles. The zero-order valence-electron chi connectivity index (χ0n) is 18.5. The second-order valence-electron chi connectivity index (χ2n) is 7.99. The molecule has 8 nitrogen and oxygen atoms in total. The molecule has 3 rings (SSSR count). The van der Waals surface area contributed by atoms with Gasteiger partial charge in [0, 0.05) is 26.8 Å². The molecule has 0 radical (unpaired) electrons. The number of likely N-dealkylation sites (tertiary alicyclic amines) is 1. The molecule has 1 aliphatic heterocycles. The average molecular weight is 474 g/mol. The van der Waals surface area contributed by atoms with Crippen LogP contribution >= 0.6 is 0 Å². The quantitative estimate of drug-likeness (QED) is 0.515. The molecule has 9 heteroatoms. The van der Waals surface area contributed by atoms with Crippen molar-refractivity contribution in [2.24, 2.45) is 0 Å². The molecule has 1 saturated heterocycles. The van der Waals surface area contributed by atoms with Gasteiger partial charge in [0.2, 0.25) is 5.91 Å². The van der Waals surface area contributed by atoms with Crippen LogP contribution in [0.15, 0.2) is 65.6 Å². The molecule has 2 aromatic carbocycles. The predicted molar refractivity (Wildman–Crippen MR) is 120 cm³/mol. The Kier molecular flexibility index (Phi) is 7.86. The molecule has 2 aromatic rings. The van der Waals surface area contributed by atoms with Gasteiger partial charge in [0.15, 0.2) is 9.84 Å². The lowest BCUT2D eigenvalue weighted by molar-refractivity contribution is -0.151. The Morgan fingerprint density at radius 2 is 1.61 bits per heavy atom. The molecule has 3 atom stereocenters. The first-order chi connectivity index (χ1) is 15.7. The molecule has 33 heavy (non-hydrogen) atoms. The zero-order valence-corrected chi connectivity index (χ0v) is 19.4. The summed E-state index contributed by atoms with van der Waals surface area (Å²) in [6, 6.07) is 16.5. The summed E-state index contributed by atoms with van der Waals surface area (Å²) in [6.07, 6.45) is -1.80. The van der Waals surface area contributed by atoms with E-state index in [1.807, 2.05) is 30.3 Å². The Morgan fingerprint density at radius 1 is 1.00 bits per heavy atom. The molecule has 0 N–H and O–H groups in total. The number of esters is 2. The van der Waals surface area contributed by atoms with Gasteiger partial charge in [0.05, 0.1) is 23.1 Å². The summed E-state index contributed by atoms with van der Waals surface area (Å²) in [5.41, 5.74) is 0.875. The van der Waals surface area contributed by atoms with Gasteiger partial charge in [-0.15, -0.1) is 0 Å². The van der Waals surface area contributed by atoms with E-state index in [0.29, 0.717) is 0 Å². The van der Waals surface area contributed by atoms with E-state index in [-0.39, 0.29) is 30.2 Å². The molecule has 0 spiro atoms. The summed E-state index contributed by atoms with van der Waals surface area (Å²) in [4.78, 5) is 37.9. The molecular weight excluding hydrogens is 446 g/mol. The van der Waals surface area contributed by atoms with Crippen molar-refractivity contribution in [1.29, 1.82) is 0 Å². The molecule has 0 aliphatic carbocycles. The highest BCUT2D eigenvalue weighted by Crippen LogP contribution is 2.29. The lowest BCUT2D eigenvalue weighted by atomic mass is 10.0. The SMILES string of the molecule is CC(=O)OC(C[C@H]1[C@@H](OC(C)=O)CC(=O)N1Cc1ccccc1)CS(=O)(=O)c1ccccc1. The lowest BCUT2D eigenvalue weighted by Crippen LogP contribution is -2.42. The number of amides is 1. The highest BCUT2D eigenvalue weighted by molar-refractivity contribution is 7.91. The van der Waals surface area contributed by atoms with Gasteiger partial charge >= 0.3 is 11.9 Å². The zero-order chi connectivity index (χ0) is 24.0. The van der Waals surface area contributed by atoms with Crippen LogP contribution in [0.2, 0.25) is 0 Å². The summed E-state index contributed by atoms with van der Waals surface area (Å²) in [5.74, 6) is -1.85. The standard InChI is InChI=1S/C24H27NO7S/c1-17(26)31-20(16-33(29,30)21-11-7-4-8-12-21)13-22-23(32-18(2)27)14-24(28)25(22)15-19-9-5-3-6-10-19/h3-12,20,22-23H,13-16H2,1-2H3/t20?,22-,23-/m0/s1. The Labute approximate surface area is 193 Å². The number of ether oxygens (including phenoxy) is 2. The third-order valence-corrected chi connectivity index (χ3v) is 7.18. The minimum atomic E-state index is -3.77. The van der Waals surface area contributed by atoms with Crippen LogP contribution in [-0.4, -0.2) is 55.2 Å². The van der Waals surface area contributed by atoms with Crippen molar-refractivity contribution < 1.29 is 32.3 Å². The van der Waals surface area contributed by atoms with Crippen LogP contribution < -0.4 is 0 Å². The summed E-state index contributed by atoms with van der Waals surface area (Å²) in [6.45, 7) is 2.72. The van der Waals surface area contributed by atoms with Gasteiger partial charge in [-0.2, -0.15) is 0 Å². The highest BCUT2D eigenvalue weighted by Gasteiger charge is 2.44. The molecule has 1 aliphatic rings. The van der Waals surface area contributed by atoms with Gasteiger partial charge < -0.3 is 14.4 Å². The highest BCUT2D eigenvalue weighted by atomic mass is 32.2. The molecule has 1 heterocycles. The van der Waals surface area contributed by atoms with Crippen molar-refractivity contribution >= 4 is 27.7 Å². The molecule has 1 fully saturated rings. The van der Waals surface area contributed by atoms with Crippen molar-refractivity contribution in [1.82, 2.24) is 4.90 Å². The topological polar surface area (TPSA) is 107 Å². The normalized spacial score (nSPS) is 19.2. The molecule has 1 unspecified atom stereocenters. The summed E-state index contributed by atoms with van der Waals surface area (Å²) >= 11 is 0. The van der Waals surface area contributed by atoms with E-state index in [4.69, 9.17) is 9.47 Å². The van der Waals surface area contributed by atoms with Crippen molar-refractivity contribution in [3.05, 3.63) is 66.2 Å². The van der Waals surface area contributed by atoms with Crippen LogP contribution in [-0.2, 0) is 40.2 Å². The van der Waals surface area contributed by atoms with E-state index >= 15 is 0 Å². The summed E-state index contributed by atoms with van der Waals surface area (Å²) in [7, 11) is -3.77. The molecule has 0 bridgehead atoms. The van der Waals surface area contributed by atoms with E-state index in [9.17, 15) is 22.8 Å². The van der Waals surface area contributed by atoms with Crippen LogP contribution in [0.3, 0.4) is 0 Å². The van der Waals surface area contributed by atoms with Crippen LogP contribution in [0.25, 0.3) is 0 Å². The summed E-state index contributed by atoms with van der Waals surface area (Å²) < 4.78 is 36.6. The Morgan fingerprint density at radius 3 is 2.18 bits per heavy atom. The van der Waals surface area contributed by atoms with Gasteiger partial charge in [0.1, 0.15) is 12.2 Å². The fraction of sp³-hybridized carbons (Fsp3) is 0.375. The van der Waals surface area contributed by atoms with Crippen LogP contribution in [0.4, 0.5) is 0 Å². The Bertz CT molecular complexity index is 1090. The van der Waals surface area contributed by atoms with Crippen molar-refractivity contribution in [3.8, 4) is 0 Å². The molecular formula is C24H27NO7S. The van der Waals surface area contributed by atoms with Crippen LogP contribution in [0.1, 0.15) is 32.3 Å². The molecule has 1 amide bonds. The largest absolute Gasteiger partial charge is 0.461 e. The first-order valence-electron chi connectivity index (χ1n) is 10.6. The number of benzene rings is 2. The average Bonchev–Trinajstić information content (AvgIpc) is 3.02. The first kappa shape index (κ1) is 24.4. The number of carbonyl (C=O) groups excluding carboxylic acids is 3. The third kappa shape index (κ3) is 6.64. The maximum Gasteiger partial charge on any atom is 0.302 e. The number of hydrogen-bond acceptors (Lipinski definition) is 7. The van der Waals surface area contributed by atoms with Gasteiger partial charge in [-0.1, -0.05) is 48.5 Å². The number of rotatable bonds is 9. The predicted octanol–water partition coefficient (Wildman–Crippen LogP) is 2.51. The van der Waals surface area contributed by atoms with Crippen molar-refractivity contribution in [2.75, 3.05) is 5.75 Å². The monoisotopic (exact) mass is 473 g/mol. The fourth-order valence-corrected chi connectivity index (χ4v) is 5.49. The first-order valence-corrected chi connectivity index (χ1v) is 12.3. The van der Waals surface area contributed by atoms with Gasteiger partial charge in [-0.3, -0.25) is 14.4 Å². The third-order valence-electron chi connectivity index (χ3n) is 5.38. The van der Waals surface area contributed by atoms with E-state index < -0.39 is 45.8 Å². The molecule has 0 saturated carbocycles. The number of nitrogens with zero attached hydrogens (tertiary/aromatic N) is 1. The maximum absolute atomic E-state index is 12.9. The number of sulfone groups is 1. The number of hydrogen-bond donors (Lipinski definition) is 0.